The van der Waals surface area contributed by atoms with E-state index in [1.165, 1.54) is 24.2 Å². The first kappa shape index (κ1) is 17.8. The van der Waals surface area contributed by atoms with Gasteiger partial charge in [-0.25, -0.2) is 4.99 Å². The van der Waals surface area contributed by atoms with E-state index in [9.17, 15) is 4.79 Å². The van der Waals surface area contributed by atoms with E-state index < -0.39 is 5.54 Å². The molecule has 4 rings (SSSR count). The van der Waals surface area contributed by atoms with Crippen LogP contribution in [0.5, 0.6) is 5.75 Å². The molecule has 1 atom stereocenters. The van der Waals surface area contributed by atoms with Crippen LogP contribution in [0.25, 0.3) is 10.9 Å². The van der Waals surface area contributed by atoms with E-state index in [1.54, 1.807) is 13.2 Å². The number of hydrogen-bond donors (Lipinski definition) is 1. The monoisotopic (exact) mass is 366 g/mol. The van der Waals surface area contributed by atoms with Gasteiger partial charge in [0.1, 0.15) is 12.4 Å². The molecule has 0 spiro atoms. The molecule has 2 aliphatic rings. The Morgan fingerprint density at radius 2 is 2.07 bits per heavy atom. The van der Waals surface area contributed by atoms with Crippen molar-refractivity contribution in [1.82, 2.24) is 9.88 Å². The topological polar surface area (TPSA) is 80.8 Å². The van der Waals surface area contributed by atoms with E-state index in [2.05, 4.69) is 9.98 Å². The first-order chi connectivity index (χ1) is 13.1. The summed E-state index contributed by atoms with van der Waals surface area (Å²) in [7, 11) is 1.68. The molecule has 2 N–H and O–H groups in total. The van der Waals surface area contributed by atoms with Crippen LogP contribution in [0.3, 0.4) is 0 Å². The number of likely N-dealkylation sites (N-methyl/N-ethyl adjacent to an activating group) is 1. The molecule has 1 fully saturated rings. The number of ether oxygens (including phenoxy) is 1. The van der Waals surface area contributed by atoms with Gasteiger partial charge in [-0.3, -0.25) is 14.7 Å². The molecule has 2 aromatic rings. The SMILES string of the molecule is CN1C(=O)C(COc2ccc3cccnc3c2)(CC2CCCCC2)N=C1N. The zero-order valence-corrected chi connectivity index (χ0v) is 15.7. The van der Waals surface area contributed by atoms with Crippen molar-refractivity contribution in [3.05, 3.63) is 36.5 Å². The number of aromatic nitrogens is 1. The van der Waals surface area contributed by atoms with Crippen LogP contribution in [0, 0.1) is 5.92 Å². The van der Waals surface area contributed by atoms with Crippen molar-refractivity contribution in [2.24, 2.45) is 16.6 Å². The molecule has 1 unspecified atom stereocenters. The van der Waals surface area contributed by atoms with Crippen LogP contribution in [0.15, 0.2) is 41.5 Å². The maximum Gasteiger partial charge on any atom is 0.260 e. The van der Waals surface area contributed by atoms with E-state index in [-0.39, 0.29) is 18.5 Å². The Balaban J connectivity index is 1.56. The predicted octanol–water partition coefficient (Wildman–Crippen LogP) is 3.11. The molecule has 1 aromatic heterocycles. The number of carbonyl (C=O) groups is 1. The highest BCUT2D eigenvalue weighted by atomic mass is 16.5. The fourth-order valence-corrected chi connectivity index (χ4v) is 4.25. The minimum absolute atomic E-state index is 0.0653. The van der Waals surface area contributed by atoms with Gasteiger partial charge >= 0.3 is 0 Å². The number of hydrogen-bond acceptors (Lipinski definition) is 5. The lowest BCUT2D eigenvalue weighted by atomic mass is 9.79. The molecule has 0 saturated heterocycles. The summed E-state index contributed by atoms with van der Waals surface area (Å²) in [5, 5.41) is 1.06. The van der Waals surface area contributed by atoms with Crippen molar-refractivity contribution in [3.8, 4) is 5.75 Å². The van der Waals surface area contributed by atoms with E-state index in [4.69, 9.17) is 10.5 Å². The Labute approximate surface area is 159 Å². The van der Waals surface area contributed by atoms with Gasteiger partial charge in [-0.1, -0.05) is 38.2 Å². The highest BCUT2D eigenvalue weighted by Crippen LogP contribution is 2.36. The standard InChI is InChI=1S/C21H26N4O2/c1-25-19(26)21(24-20(25)22,13-15-6-3-2-4-7-15)14-27-17-10-9-16-8-5-11-23-18(16)12-17/h5,8-12,15H,2-4,6-7,13-14H2,1H3,(H2,22,24). The van der Waals surface area contributed by atoms with E-state index >= 15 is 0 Å². The number of pyridine rings is 1. The molecule has 1 saturated carbocycles. The third-order valence-corrected chi connectivity index (χ3v) is 5.78. The van der Waals surface area contributed by atoms with Crippen LogP contribution in [0.4, 0.5) is 0 Å². The average molecular weight is 366 g/mol. The van der Waals surface area contributed by atoms with Gasteiger partial charge in [0.05, 0.1) is 5.52 Å². The van der Waals surface area contributed by atoms with Gasteiger partial charge in [-0.15, -0.1) is 0 Å². The number of rotatable bonds is 5. The van der Waals surface area contributed by atoms with Gasteiger partial charge in [0.25, 0.3) is 5.91 Å². The Kier molecular flexibility index (Phi) is 4.72. The van der Waals surface area contributed by atoms with Crippen LogP contribution >= 0.6 is 0 Å². The van der Waals surface area contributed by atoms with Crippen molar-refractivity contribution in [2.75, 3.05) is 13.7 Å². The molecule has 1 amide bonds. The number of benzene rings is 1. The van der Waals surface area contributed by atoms with Crippen molar-refractivity contribution < 1.29 is 9.53 Å². The quantitative estimate of drug-likeness (QED) is 0.882. The molecule has 1 aromatic carbocycles. The van der Waals surface area contributed by atoms with E-state index in [0.29, 0.717) is 18.1 Å². The first-order valence-corrected chi connectivity index (χ1v) is 9.68. The number of aliphatic imine (C=N–C) groups is 1. The van der Waals surface area contributed by atoms with E-state index in [1.807, 2.05) is 30.3 Å². The number of carbonyl (C=O) groups excluding carboxylic acids is 1. The van der Waals surface area contributed by atoms with Gasteiger partial charge < -0.3 is 10.5 Å². The number of nitrogens with two attached hydrogens (primary N) is 1. The largest absolute Gasteiger partial charge is 0.490 e. The second-order valence-corrected chi connectivity index (χ2v) is 7.72. The summed E-state index contributed by atoms with van der Waals surface area (Å²) in [5.74, 6) is 1.40. The summed E-state index contributed by atoms with van der Waals surface area (Å²) < 4.78 is 6.06. The predicted molar refractivity (Wildman–Crippen MR) is 106 cm³/mol. The lowest BCUT2D eigenvalue weighted by Crippen LogP contribution is -2.47. The molecule has 27 heavy (non-hydrogen) atoms. The summed E-state index contributed by atoms with van der Waals surface area (Å²) in [4.78, 5) is 23.4. The molecule has 6 heteroatoms. The first-order valence-electron chi connectivity index (χ1n) is 9.68. The highest BCUT2D eigenvalue weighted by Gasteiger charge is 2.48. The number of nitrogens with zero attached hydrogens (tertiary/aromatic N) is 3. The molecular formula is C21H26N4O2. The zero-order valence-electron chi connectivity index (χ0n) is 15.7. The Bertz CT molecular complexity index is 875. The van der Waals surface area contributed by atoms with Gasteiger partial charge in [0.2, 0.25) is 0 Å². The molecule has 142 valence electrons. The summed E-state index contributed by atoms with van der Waals surface area (Å²) in [6, 6.07) is 9.71. The smallest absolute Gasteiger partial charge is 0.260 e. The number of amides is 1. The van der Waals surface area contributed by atoms with E-state index in [0.717, 1.165) is 23.7 Å². The fourth-order valence-electron chi connectivity index (χ4n) is 4.25. The normalized spacial score (nSPS) is 23.7. The fraction of sp³-hybridized carbons (Fsp3) is 0.476. The molecule has 1 aliphatic carbocycles. The summed E-state index contributed by atoms with van der Waals surface area (Å²) >= 11 is 0. The summed E-state index contributed by atoms with van der Waals surface area (Å²) in [6.07, 6.45) is 8.48. The third-order valence-electron chi connectivity index (χ3n) is 5.78. The second-order valence-electron chi connectivity index (χ2n) is 7.72. The van der Waals surface area contributed by atoms with Crippen molar-refractivity contribution >= 4 is 22.8 Å². The maximum atomic E-state index is 13.0. The van der Waals surface area contributed by atoms with Crippen LogP contribution in [0.2, 0.25) is 0 Å². The third kappa shape index (κ3) is 3.48. The van der Waals surface area contributed by atoms with Gasteiger partial charge in [0.15, 0.2) is 11.5 Å². The zero-order chi connectivity index (χ0) is 18.9. The molecule has 0 radical (unpaired) electrons. The maximum absolute atomic E-state index is 13.0. The van der Waals surface area contributed by atoms with Gasteiger partial charge in [-0.2, -0.15) is 0 Å². The van der Waals surface area contributed by atoms with Crippen LogP contribution in [0.1, 0.15) is 38.5 Å². The molecule has 0 bridgehead atoms. The number of fused-ring (bicyclic) bond motifs is 1. The minimum Gasteiger partial charge on any atom is -0.490 e. The van der Waals surface area contributed by atoms with Crippen molar-refractivity contribution in [1.29, 1.82) is 0 Å². The van der Waals surface area contributed by atoms with Gasteiger partial charge in [0, 0.05) is 24.7 Å². The Morgan fingerprint density at radius 3 is 2.81 bits per heavy atom. The minimum atomic E-state index is -0.917. The van der Waals surface area contributed by atoms with Crippen molar-refractivity contribution in [2.45, 2.75) is 44.1 Å². The molecule has 2 heterocycles. The Morgan fingerprint density at radius 1 is 1.26 bits per heavy atom. The lowest BCUT2D eigenvalue weighted by molar-refractivity contribution is -0.132. The van der Waals surface area contributed by atoms with Crippen LogP contribution in [-0.2, 0) is 4.79 Å². The summed E-state index contributed by atoms with van der Waals surface area (Å²) in [6.45, 7) is 0.200. The second kappa shape index (κ2) is 7.18. The molecular weight excluding hydrogens is 340 g/mol. The summed E-state index contributed by atoms with van der Waals surface area (Å²) in [5.41, 5.74) is 5.94. The lowest BCUT2D eigenvalue weighted by Gasteiger charge is -2.31. The number of guanidine groups is 1. The average Bonchev–Trinajstić information content (AvgIpc) is 2.91. The van der Waals surface area contributed by atoms with Crippen molar-refractivity contribution in [3.63, 3.8) is 0 Å². The van der Waals surface area contributed by atoms with Crippen LogP contribution < -0.4 is 10.5 Å². The van der Waals surface area contributed by atoms with Gasteiger partial charge in [-0.05, 0) is 30.5 Å². The van der Waals surface area contributed by atoms with Crippen LogP contribution in [-0.4, -0.2) is 40.9 Å². The molecule has 6 nitrogen and oxygen atoms in total. The highest BCUT2D eigenvalue weighted by molar-refractivity contribution is 6.06. The molecule has 1 aliphatic heterocycles. The Hall–Kier alpha value is -2.63.